The van der Waals surface area contributed by atoms with Gasteiger partial charge in [-0.3, -0.25) is 14.7 Å². The van der Waals surface area contributed by atoms with Gasteiger partial charge >= 0.3 is 0 Å². The number of carbonyl (C=O) groups is 1. The number of nitrogens with one attached hydrogen (secondary N) is 3. The lowest BCUT2D eigenvalue weighted by molar-refractivity contribution is -0.120. The molecule has 1 amide bonds. The van der Waals surface area contributed by atoms with Crippen LogP contribution in [0.15, 0.2) is 59.6 Å². The summed E-state index contributed by atoms with van der Waals surface area (Å²) in [5.41, 5.74) is 2.36. The van der Waals surface area contributed by atoms with Crippen LogP contribution in [0.4, 0.5) is 0 Å². The van der Waals surface area contributed by atoms with Gasteiger partial charge in [-0.05, 0) is 42.6 Å². The van der Waals surface area contributed by atoms with E-state index in [1.807, 2.05) is 24.3 Å². The molecule has 1 aliphatic heterocycles. The van der Waals surface area contributed by atoms with Gasteiger partial charge in [-0.25, -0.2) is 0 Å². The molecule has 1 heterocycles. The molecule has 0 saturated carbocycles. The lowest BCUT2D eigenvalue weighted by Crippen LogP contribution is -2.47. The Bertz CT molecular complexity index is 845. The molecule has 2 aromatic carbocycles. The number of rotatable bonds is 9. The molecule has 0 aromatic heterocycles. The molecule has 0 spiro atoms. The van der Waals surface area contributed by atoms with E-state index in [-0.39, 0.29) is 36.4 Å². The van der Waals surface area contributed by atoms with Gasteiger partial charge < -0.3 is 20.7 Å². The van der Waals surface area contributed by atoms with Crippen molar-refractivity contribution in [3.63, 3.8) is 0 Å². The maximum absolute atomic E-state index is 12.2. The van der Waals surface area contributed by atoms with Gasteiger partial charge in [-0.1, -0.05) is 42.5 Å². The summed E-state index contributed by atoms with van der Waals surface area (Å²) in [7, 11) is 3.36. The SMILES string of the molecule is CN=C(NCC(=O)NCc1ccc(OC)cc1)NCC1CCCN1Cc1ccccc1.I. The summed E-state index contributed by atoms with van der Waals surface area (Å²) in [5.74, 6) is 1.37. The topological polar surface area (TPSA) is 78.0 Å². The first-order valence-corrected chi connectivity index (χ1v) is 10.8. The van der Waals surface area contributed by atoms with Crippen LogP contribution < -0.4 is 20.7 Å². The highest BCUT2D eigenvalue weighted by atomic mass is 127. The predicted molar refractivity (Wildman–Crippen MR) is 139 cm³/mol. The van der Waals surface area contributed by atoms with Crippen LogP contribution in [-0.4, -0.2) is 56.6 Å². The average molecular weight is 551 g/mol. The fourth-order valence-corrected chi connectivity index (χ4v) is 3.76. The second kappa shape index (κ2) is 13.9. The molecule has 32 heavy (non-hydrogen) atoms. The first kappa shape index (κ1) is 25.9. The maximum atomic E-state index is 12.2. The van der Waals surface area contributed by atoms with Gasteiger partial charge in [0.1, 0.15) is 5.75 Å². The number of hydrogen-bond acceptors (Lipinski definition) is 4. The summed E-state index contributed by atoms with van der Waals surface area (Å²) in [6.45, 7) is 3.54. The molecule has 1 unspecified atom stereocenters. The number of guanidine groups is 1. The Morgan fingerprint density at radius 2 is 1.81 bits per heavy atom. The van der Waals surface area contributed by atoms with E-state index < -0.39 is 0 Å². The largest absolute Gasteiger partial charge is 0.497 e. The van der Waals surface area contributed by atoms with Crippen molar-refractivity contribution in [1.29, 1.82) is 0 Å². The Morgan fingerprint density at radius 1 is 1.06 bits per heavy atom. The fraction of sp³-hybridized carbons (Fsp3) is 0.417. The normalized spacial score (nSPS) is 16.2. The first-order chi connectivity index (χ1) is 15.2. The molecule has 1 aliphatic rings. The zero-order chi connectivity index (χ0) is 21.9. The summed E-state index contributed by atoms with van der Waals surface area (Å²) in [6.07, 6.45) is 2.37. The Hall–Kier alpha value is -2.33. The van der Waals surface area contributed by atoms with Gasteiger partial charge in [-0.2, -0.15) is 0 Å². The van der Waals surface area contributed by atoms with Gasteiger partial charge in [0.25, 0.3) is 0 Å². The number of methoxy groups -OCH3 is 1. The molecular formula is C24H34IN5O2. The van der Waals surface area contributed by atoms with E-state index in [0.29, 0.717) is 18.5 Å². The molecule has 7 nitrogen and oxygen atoms in total. The molecular weight excluding hydrogens is 517 g/mol. The predicted octanol–water partition coefficient (Wildman–Crippen LogP) is 2.76. The van der Waals surface area contributed by atoms with Crippen LogP contribution >= 0.6 is 24.0 Å². The molecule has 1 fully saturated rings. The van der Waals surface area contributed by atoms with Crippen molar-refractivity contribution in [2.75, 3.05) is 33.8 Å². The van der Waals surface area contributed by atoms with Gasteiger partial charge in [0, 0.05) is 32.7 Å². The molecule has 0 radical (unpaired) electrons. The van der Waals surface area contributed by atoms with Crippen molar-refractivity contribution >= 4 is 35.8 Å². The van der Waals surface area contributed by atoms with Crippen LogP contribution in [0.2, 0.25) is 0 Å². The molecule has 3 rings (SSSR count). The smallest absolute Gasteiger partial charge is 0.239 e. The van der Waals surface area contributed by atoms with Crippen molar-refractivity contribution in [1.82, 2.24) is 20.9 Å². The second-order valence-corrected chi connectivity index (χ2v) is 7.68. The third-order valence-electron chi connectivity index (χ3n) is 5.52. The van der Waals surface area contributed by atoms with Crippen molar-refractivity contribution in [2.45, 2.75) is 32.0 Å². The molecule has 1 atom stereocenters. The molecule has 3 N–H and O–H groups in total. The minimum absolute atomic E-state index is 0. The third-order valence-corrected chi connectivity index (χ3v) is 5.52. The molecule has 0 bridgehead atoms. The highest BCUT2D eigenvalue weighted by Gasteiger charge is 2.24. The monoisotopic (exact) mass is 551 g/mol. The van der Waals surface area contributed by atoms with E-state index in [2.05, 4.69) is 56.2 Å². The van der Waals surface area contributed by atoms with Gasteiger partial charge in [0.15, 0.2) is 5.96 Å². The third kappa shape index (κ3) is 8.31. The van der Waals surface area contributed by atoms with Crippen molar-refractivity contribution in [3.05, 3.63) is 65.7 Å². The van der Waals surface area contributed by atoms with Crippen LogP contribution in [0.1, 0.15) is 24.0 Å². The number of likely N-dealkylation sites (tertiary alicyclic amines) is 1. The van der Waals surface area contributed by atoms with Crippen LogP contribution in [0, 0.1) is 0 Å². The highest BCUT2D eigenvalue weighted by Crippen LogP contribution is 2.19. The van der Waals surface area contributed by atoms with E-state index >= 15 is 0 Å². The Balaban J connectivity index is 0.00000363. The summed E-state index contributed by atoms with van der Waals surface area (Å²) < 4.78 is 5.15. The number of carbonyl (C=O) groups excluding carboxylic acids is 1. The van der Waals surface area contributed by atoms with Gasteiger partial charge in [0.05, 0.1) is 13.7 Å². The van der Waals surface area contributed by atoms with Crippen LogP contribution in [0.25, 0.3) is 0 Å². The number of benzene rings is 2. The summed E-state index contributed by atoms with van der Waals surface area (Å²) >= 11 is 0. The summed E-state index contributed by atoms with van der Waals surface area (Å²) in [6, 6.07) is 18.7. The van der Waals surface area contributed by atoms with E-state index in [9.17, 15) is 4.79 Å². The van der Waals surface area contributed by atoms with Crippen molar-refractivity contribution < 1.29 is 9.53 Å². The maximum Gasteiger partial charge on any atom is 0.239 e. The fourth-order valence-electron chi connectivity index (χ4n) is 3.76. The Labute approximate surface area is 208 Å². The molecule has 0 aliphatic carbocycles. The molecule has 2 aromatic rings. The number of aliphatic imine (C=N–C) groups is 1. The first-order valence-electron chi connectivity index (χ1n) is 10.8. The van der Waals surface area contributed by atoms with Crippen LogP contribution in [0.5, 0.6) is 5.75 Å². The lowest BCUT2D eigenvalue weighted by atomic mass is 10.2. The minimum atomic E-state index is -0.0784. The van der Waals surface area contributed by atoms with E-state index in [1.54, 1.807) is 14.2 Å². The lowest BCUT2D eigenvalue weighted by Gasteiger charge is -2.25. The zero-order valence-electron chi connectivity index (χ0n) is 18.8. The molecule has 1 saturated heterocycles. The highest BCUT2D eigenvalue weighted by molar-refractivity contribution is 14.0. The van der Waals surface area contributed by atoms with Crippen molar-refractivity contribution in [2.24, 2.45) is 4.99 Å². The van der Waals surface area contributed by atoms with Crippen LogP contribution in [0.3, 0.4) is 0 Å². The van der Waals surface area contributed by atoms with Gasteiger partial charge in [-0.15, -0.1) is 24.0 Å². The second-order valence-electron chi connectivity index (χ2n) is 7.68. The van der Waals surface area contributed by atoms with E-state index in [4.69, 9.17) is 4.74 Å². The standard InChI is InChI=1S/C24H33N5O2.HI/c1-25-24(28-17-23(30)26-15-19-10-12-22(31-2)13-11-19)27-16-21-9-6-14-29(21)18-20-7-4-3-5-8-20;/h3-5,7-8,10-13,21H,6,9,14-18H2,1-2H3,(H,26,30)(H2,25,27,28);1H. The minimum Gasteiger partial charge on any atom is -0.497 e. The van der Waals surface area contributed by atoms with Gasteiger partial charge in [0.2, 0.25) is 5.91 Å². The Morgan fingerprint density at radius 3 is 2.50 bits per heavy atom. The van der Waals surface area contributed by atoms with Crippen molar-refractivity contribution in [3.8, 4) is 5.75 Å². The number of ether oxygens (including phenoxy) is 1. The zero-order valence-corrected chi connectivity index (χ0v) is 21.2. The number of amides is 1. The number of halogens is 1. The number of hydrogen-bond donors (Lipinski definition) is 3. The quantitative estimate of drug-likeness (QED) is 0.254. The molecule has 8 heteroatoms. The molecule has 174 valence electrons. The average Bonchev–Trinajstić information content (AvgIpc) is 3.25. The Kier molecular flexibility index (Phi) is 11.3. The summed E-state index contributed by atoms with van der Waals surface area (Å²) in [4.78, 5) is 18.9. The van der Waals surface area contributed by atoms with E-state index in [1.165, 1.54) is 18.4 Å². The summed E-state index contributed by atoms with van der Waals surface area (Å²) in [5, 5.41) is 9.39. The van der Waals surface area contributed by atoms with Crippen LogP contribution in [-0.2, 0) is 17.9 Å². The van der Waals surface area contributed by atoms with E-state index in [0.717, 1.165) is 30.9 Å². The number of nitrogens with zero attached hydrogens (tertiary/aromatic N) is 2.